The molecule has 3 heteroatoms. The molecule has 23 heavy (non-hydrogen) atoms. The van der Waals surface area contributed by atoms with E-state index in [9.17, 15) is 0 Å². The lowest BCUT2D eigenvalue weighted by Crippen LogP contribution is -2.21. The number of benzene rings is 3. The van der Waals surface area contributed by atoms with Crippen molar-refractivity contribution in [2.75, 3.05) is 0 Å². The average Bonchev–Trinajstić information content (AvgIpc) is 2.59. The van der Waals surface area contributed by atoms with Crippen molar-refractivity contribution in [2.45, 2.75) is 12.6 Å². The second-order valence-electron chi connectivity index (χ2n) is 5.26. The molecule has 0 atom stereocenters. The molecule has 3 aromatic carbocycles. The van der Waals surface area contributed by atoms with Gasteiger partial charge in [-0.2, -0.15) is 0 Å². The summed E-state index contributed by atoms with van der Waals surface area (Å²) in [6, 6.07) is 29.2. The average molecular weight is 344 g/mol. The van der Waals surface area contributed by atoms with Gasteiger partial charge in [-0.3, -0.25) is 0 Å². The third-order valence-corrected chi connectivity index (χ3v) is 3.94. The Morgan fingerprint density at radius 2 is 1.17 bits per heavy atom. The molecule has 0 aliphatic carbocycles. The predicted molar refractivity (Wildman–Crippen MR) is 100 cm³/mol. The van der Waals surface area contributed by atoms with E-state index in [1.807, 2.05) is 24.3 Å². The summed E-state index contributed by atoms with van der Waals surface area (Å²) in [7, 11) is 0. The second-order valence-corrected chi connectivity index (χ2v) is 5.70. The third kappa shape index (κ3) is 4.84. The fourth-order valence-electron chi connectivity index (χ4n) is 2.54. The molecule has 0 fully saturated rings. The van der Waals surface area contributed by atoms with Crippen LogP contribution in [0.1, 0.15) is 22.7 Å². The summed E-state index contributed by atoms with van der Waals surface area (Å²) in [5.74, 6) is 0. The summed E-state index contributed by atoms with van der Waals surface area (Å²) in [5.41, 5.74) is 3.76. The van der Waals surface area contributed by atoms with E-state index in [0.29, 0.717) is 0 Å². The van der Waals surface area contributed by atoms with Gasteiger partial charge in [-0.15, -0.1) is 12.4 Å². The van der Waals surface area contributed by atoms with Gasteiger partial charge in [-0.1, -0.05) is 84.4 Å². The van der Waals surface area contributed by atoms with Gasteiger partial charge in [-0.25, -0.2) is 0 Å². The molecule has 0 saturated carbocycles. The Hall–Kier alpha value is -1.80. The molecular formula is C20H19Cl2N. The van der Waals surface area contributed by atoms with E-state index in [0.717, 1.165) is 11.6 Å². The standard InChI is InChI=1S/C20H18ClN.ClH/c21-19-13-11-16(12-14-19)15-22-20(17-7-3-1-4-8-17)18-9-5-2-6-10-18;/h1-14,20,22H,15H2;1H. The quantitative estimate of drug-likeness (QED) is 0.631. The third-order valence-electron chi connectivity index (χ3n) is 3.69. The summed E-state index contributed by atoms with van der Waals surface area (Å²) >= 11 is 5.95. The van der Waals surface area contributed by atoms with E-state index in [1.165, 1.54) is 16.7 Å². The van der Waals surface area contributed by atoms with Crippen LogP contribution in [0.4, 0.5) is 0 Å². The minimum absolute atomic E-state index is 0. The molecule has 0 amide bonds. The van der Waals surface area contributed by atoms with Gasteiger partial charge in [0.05, 0.1) is 6.04 Å². The zero-order chi connectivity index (χ0) is 15.2. The van der Waals surface area contributed by atoms with Gasteiger partial charge in [0.1, 0.15) is 0 Å². The highest BCUT2D eigenvalue weighted by molar-refractivity contribution is 6.30. The zero-order valence-electron chi connectivity index (χ0n) is 12.7. The highest BCUT2D eigenvalue weighted by atomic mass is 35.5. The molecule has 0 spiro atoms. The Bertz CT molecular complexity index is 657. The molecule has 0 aliphatic heterocycles. The normalized spacial score (nSPS) is 10.3. The molecule has 3 aromatic rings. The van der Waals surface area contributed by atoms with E-state index in [1.54, 1.807) is 0 Å². The number of rotatable bonds is 5. The smallest absolute Gasteiger partial charge is 0.0579 e. The first-order valence-electron chi connectivity index (χ1n) is 7.40. The van der Waals surface area contributed by atoms with Crippen LogP contribution >= 0.6 is 24.0 Å². The Morgan fingerprint density at radius 1 is 0.696 bits per heavy atom. The van der Waals surface area contributed by atoms with E-state index < -0.39 is 0 Å². The predicted octanol–water partition coefficient (Wildman–Crippen LogP) is 5.64. The van der Waals surface area contributed by atoms with Crippen molar-refractivity contribution in [3.05, 3.63) is 107 Å². The van der Waals surface area contributed by atoms with Crippen LogP contribution in [0, 0.1) is 0 Å². The largest absolute Gasteiger partial charge is 0.302 e. The molecule has 0 aliphatic rings. The first-order valence-corrected chi connectivity index (χ1v) is 7.78. The van der Waals surface area contributed by atoms with Crippen LogP contribution in [0.15, 0.2) is 84.9 Å². The van der Waals surface area contributed by atoms with Gasteiger partial charge in [-0.05, 0) is 28.8 Å². The van der Waals surface area contributed by atoms with E-state index in [-0.39, 0.29) is 18.4 Å². The van der Waals surface area contributed by atoms with E-state index in [4.69, 9.17) is 11.6 Å². The monoisotopic (exact) mass is 343 g/mol. The van der Waals surface area contributed by atoms with Gasteiger partial charge in [0, 0.05) is 11.6 Å². The van der Waals surface area contributed by atoms with Crippen molar-refractivity contribution in [1.29, 1.82) is 0 Å². The number of nitrogens with one attached hydrogen (secondary N) is 1. The topological polar surface area (TPSA) is 12.0 Å². The lowest BCUT2D eigenvalue weighted by Gasteiger charge is -2.20. The lowest BCUT2D eigenvalue weighted by molar-refractivity contribution is 0.605. The van der Waals surface area contributed by atoms with Crippen LogP contribution in [-0.4, -0.2) is 0 Å². The Balaban J connectivity index is 0.00000192. The minimum atomic E-state index is 0. The molecule has 3 rings (SSSR count). The molecule has 1 nitrogen and oxygen atoms in total. The SMILES string of the molecule is Cl.Clc1ccc(CNC(c2ccccc2)c2ccccc2)cc1. The number of hydrogen-bond acceptors (Lipinski definition) is 1. The van der Waals surface area contributed by atoms with E-state index >= 15 is 0 Å². The first-order chi connectivity index (χ1) is 10.8. The van der Waals surface area contributed by atoms with E-state index in [2.05, 4.69) is 66.0 Å². The Kier molecular flexibility index (Phi) is 6.66. The maximum absolute atomic E-state index is 5.95. The van der Waals surface area contributed by atoms with Crippen molar-refractivity contribution in [1.82, 2.24) is 5.32 Å². The highest BCUT2D eigenvalue weighted by Crippen LogP contribution is 2.22. The maximum Gasteiger partial charge on any atom is 0.0579 e. The minimum Gasteiger partial charge on any atom is -0.302 e. The van der Waals surface area contributed by atoms with Crippen molar-refractivity contribution in [3.63, 3.8) is 0 Å². The molecule has 0 unspecified atom stereocenters. The second kappa shape index (κ2) is 8.73. The van der Waals surface area contributed by atoms with Crippen LogP contribution in [0.25, 0.3) is 0 Å². The number of hydrogen-bond donors (Lipinski definition) is 1. The molecule has 0 aromatic heterocycles. The van der Waals surface area contributed by atoms with Crippen molar-refractivity contribution >= 4 is 24.0 Å². The van der Waals surface area contributed by atoms with Crippen LogP contribution in [-0.2, 0) is 6.54 Å². The Morgan fingerprint density at radius 3 is 1.65 bits per heavy atom. The van der Waals surface area contributed by atoms with Gasteiger partial charge in [0.2, 0.25) is 0 Å². The molecule has 0 heterocycles. The van der Waals surface area contributed by atoms with Crippen LogP contribution in [0.2, 0.25) is 5.02 Å². The molecule has 0 radical (unpaired) electrons. The summed E-state index contributed by atoms with van der Waals surface area (Å²) in [6.07, 6.45) is 0. The Labute approximate surface area is 148 Å². The fourth-order valence-corrected chi connectivity index (χ4v) is 2.67. The summed E-state index contributed by atoms with van der Waals surface area (Å²) in [6.45, 7) is 0.797. The van der Waals surface area contributed by atoms with Crippen molar-refractivity contribution in [2.24, 2.45) is 0 Å². The first kappa shape index (κ1) is 17.6. The lowest BCUT2D eigenvalue weighted by atomic mass is 9.98. The fraction of sp³-hybridized carbons (Fsp3) is 0.100. The summed E-state index contributed by atoms with van der Waals surface area (Å²) in [5, 5.41) is 4.41. The number of halogens is 2. The van der Waals surface area contributed by atoms with Gasteiger partial charge in [0.25, 0.3) is 0 Å². The van der Waals surface area contributed by atoms with Crippen LogP contribution in [0.5, 0.6) is 0 Å². The summed E-state index contributed by atoms with van der Waals surface area (Å²) < 4.78 is 0. The van der Waals surface area contributed by atoms with Crippen molar-refractivity contribution < 1.29 is 0 Å². The highest BCUT2D eigenvalue weighted by Gasteiger charge is 2.12. The van der Waals surface area contributed by atoms with Gasteiger partial charge >= 0.3 is 0 Å². The molecule has 118 valence electrons. The molecular weight excluding hydrogens is 325 g/mol. The zero-order valence-corrected chi connectivity index (χ0v) is 14.2. The van der Waals surface area contributed by atoms with Gasteiger partial charge < -0.3 is 5.32 Å². The van der Waals surface area contributed by atoms with Crippen LogP contribution in [0.3, 0.4) is 0 Å². The molecule has 0 bridgehead atoms. The summed E-state index contributed by atoms with van der Waals surface area (Å²) in [4.78, 5) is 0. The van der Waals surface area contributed by atoms with Crippen LogP contribution < -0.4 is 5.32 Å². The van der Waals surface area contributed by atoms with Crippen molar-refractivity contribution in [3.8, 4) is 0 Å². The molecule has 0 saturated heterocycles. The molecule has 1 N–H and O–H groups in total. The van der Waals surface area contributed by atoms with Gasteiger partial charge in [0.15, 0.2) is 0 Å². The maximum atomic E-state index is 5.95.